The van der Waals surface area contributed by atoms with E-state index in [1.54, 1.807) is 0 Å². The van der Waals surface area contributed by atoms with Gasteiger partial charge in [-0.3, -0.25) is 14.5 Å². The number of hydrogen-bond donors (Lipinski definition) is 0. The van der Waals surface area contributed by atoms with E-state index < -0.39 is 0 Å². The molecule has 0 aliphatic rings. The number of fused-ring (bicyclic) bond motifs is 4. The van der Waals surface area contributed by atoms with Crippen LogP contribution in [0.15, 0.2) is 114 Å². The smallest absolute Gasteiger partial charge is 0.229 e. The molecule has 0 aliphatic carbocycles. The molecule has 206 valence electrons. The fourth-order valence-corrected chi connectivity index (χ4v) is 6.23. The second-order valence-electron chi connectivity index (χ2n) is 10.9. The molecule has 0 spiro atoms. The second-order valence-corrected chi connectivity index (χ2v) is 10.9. The average molecular weight is 558 g/mol. The highest BCUT2D eigenvalue weighted by Gasteiger charge is 2.25. The molecule has 5 aromatic heterocycles. The van der Waals surface area contributed by atoms with Gasteiger partial charge >= 0.3 is 0 Å². The van der Waals surface area contributed by atoms with E-state index in [0.717, 1.165) is 78.2 Å². The van der Waals surface area contributed by atoms with Gasteiger partial charge < -0.3 is 4.42 Å². The number of benzene rings is 3. The van der Waals surface area contributed by atoms with Crippen molar-refractivity contribution in [3.8, 4) is 39.3 Å². The number of nitrogens with zero attached hydrogens (tertiary/aromatic N) is 5. The van der Waals surface area contributed by atoms with Crippen molar-refractivity contribution in [2.75, 3.05) is 0 Å². The largest absolute Gasteiger partial charge is 0.435 e. The normalized spacial score (nSPS) is 11.6. The lowest BCUT2D eigenvalue weighted by Crippen LogP contribution is -2.04. The number of hydrogen-bond acceptors (Lipinski definition) is 5. The van der Waals surface area contributed by atoms with Crippen molar-refractivity contribution in [1.82, 2.24) is 24.5 Å². The molecule has 6 nitrogen and oxygen atoms in total. The lowest BCUT2D eigenvalue weighted by molar-refractivity contribution is 0.652. The Bertz CT molecular complexity index is 2260. The van der Waals surface area contributed by atoms with E-state index in [9.17, 15) is 0 Å². The predicted molar refractivity (Wildman–Crippen MR) is 172 cm³/mol. The van der Waals surface area contributed by atoms with Gasteiger partial charge in [-0.15, -0.1) is 0 Å². The Balaban J connectivity index is 1.54. The van der Waals surface area contributed by atoms with Gasteiger partial charge in [-0.25, -0.2) is 9.97 Å². The molecule has 0 N–H and O–H groups in total. The summed E-state index contributed by atoms with van der Waals surface area (Å²) in [5, 5.41) is 0.928. The predicted octanol–water partition coefficient (Wildman–Crippen LogP) is 9.04. The van der Waals surface area contributed by atoms with Crippen LogP contribution < -0.4 is 0 Å². The summed E-state index contributed by atoms with van der Waals surface area (Å²) in [6.45, 7) is 6.10. The van der Waals surface area contributed by atoms with Crippen molar-refractivity contribution in [1.29, 1.82) is 0 Å². The number of aromatic nitrogens is 5. The zero-order chi connectivity index (χ0) is 29.1. The van der Waals surface area contributed by atoms with Crippen LogP contribution in [0.5, 0.6) is 0 Å². The summed E-state index contributed by atoms with van der Waals surface area (Å²) in [5.41, 5.74) is 13.0. The molecule has 8 rings (SSSR count). The van der Waals surface area contributed by atoms with E-state index in [0.29, 0.717) is 11.3 Å². The molecule has 0 fully saturated rings. The summed E-state index contributed by atoms with van der Waals surface area (Å²) in [4.78, 5) is 19.5. The standard InChI is InChI=1S/C37H27N5O/c1-22-21-23(2)40-37-31(22)32-35(43-37)29(17-19-39-32)36-41-30-18-20-38-24(3)33(30)42(36)34-27(25-11-6-4-7-12-25)15-10-16-28(34)26-13-8-5-9-14-26/h4-21H,1-3H3. The van der Waals surface area contributed by atoms with Gasteiger partial charge in [0, 0.05) is 29.2 Å². The van der Waals surface area contributed by atoms with Gasteiger partial charge in [-0.2, -0.15) is 0 Å². The Morgan fingerprint density at radius 2 is 1.33 bits per heavy atom. The zero-order valence-electron chi connectivity index (χ0n) is 24.0. The Kier molecular flexibility index (Phi) is 5.69. The molecule has 0 unspecified atom stereocenters. The van der Waals surface area contributed by atoms with Gasteiger partial charge in [0.1, 0.15) is 11.3 Å². The molecule has 8 aromatic rings. The number of aryl methyl sites for hydroxylation is 3. The van der Waals surface area contributed by atoms with Crippen LogP contribution in [-0.2, 0) is 0 Å². The third-order valence-corrected chi connectivity index (χ3v) is 8.07. The quantitative estimate of drug-likeness (QED) is 0.216. The van der Waals surface area contributed by atoms with E-state index in [1.807, 2.05) is 50.5 Å². The fraction of sp³-hybridized carbons (Fsp3) is 0.0811. The molecule has 0 saturated carbocycles. The van der Waals surface area contributed by atoms with Gasteiger partial charge in [-0.1, -0.05) is 78.9 Å². The molecule has 0 amide bonds. The van der Waals surface area contributed by atoms with Gasteiger partial charge in [0.05, 0.1) is 33.4 Å². The van der Waals surface area contributed by atoms with Crippen LogP contribution in [-0.4, -0.2) is 24.5 Å². The molecular formula is C37H27N5O. The summed E-state index contributed by atoms with van der Waals surface area (Å²) in [7, 11) is 0. The Morgan fingerprint density at radius 1 is 0.651 bits per heavy atom. The van der Waals surface area contributed by atoms with Crippen molar-refractivity contribution >= 4 is 33.2 Å². The molecule has 3 aromatic carbocycles. The highest BCUT2D eigenvalue weighted by Crippen LogP contribution is 2.42. The van der Waals surface area contributed by atoms with Crippen LogP contribution in [0.2, 0.25) is 0 Å². The molecule has 0 atom stereocenters. The van der Waals surface area contributed by atoms with E-state index in [-0.39, 0.29) is 0 Å². The maximum absolute atomic E-state index is 6.50. The summed E-state index contributed by atoms with van der Waals surface area (Å²) >= 11 is 0. The van der Waals surface area contributed by atoms with Crippen LogP contribution in [0.25, 0.3) is 72.6 Å². The Labute approximate surface area is 248 Å². The van der Waals surface area contributed by atoms with Crippen molar-refractivity contribution in [3.05, 3.63) is 126 Å². The molecule has 0 aliphatic heterocycles. The van der Waals surface area contributed by atoms with Gasteiger partial charge in [0.25, 0.3) is 0 Å². The van der Waals surface area contributed by atoms with Gasteiger partial charge in [0.15, 0.2) is 5.58 Å². The van der Waals surface area contributed by atoms with Crippen LogP contribution in [0, 0.1) is 20.8 Å². The van der Waals surface area contributed by atoms with Crippen LogP contribution >= 0.6 is 0 Å². The van der Waals surface area contributed by atoms with E-state index >= 15 is 0 Å². The molecule has 0 saturated heterocycles. The third kappa shape index (κ3) is 3.95. The highest BCUT2D eigenvalue weighted by molar-refractivity contribution is 6.08. The first kappa shape index (κ1) is 25.1. The van der Waals surface area contributed by atoms with E-state index in [2.05, 4.69) is 84.3 Å². The number of rotatable bonds is 4. The molecule has 43 heavy (non-hydrogen) atoms. The van der Waals surface area contributed by atoms with E-state index in [1.165, 1.54) is 0 Å². The van der Waals surface area contributed by atoms with Crippen LogP contribution in [0.1, 0.15) is 17.0 Å². The molecule has 5 heterocycles. The Morgan fingerprint density at radius 3 is 2.02 bits per heavy atom. The molecule has 0 radical (unpaired) electrons. The van der Waals surface area contributed by atoms with Crippen molar-refractivity contribution in [3.63, 3.8) is 0 Å². The lowest BCUT2D eigenvalue weighted by atomic mass is 9.95. The number of para-hydroxylation sites is 1. The summed E-state index contributed by atoms with van der Waals surface area (Å²) in [6, 6.07) is 33.5. The maximum atomic E-state index is 6.50. The lowest BCUT2D eigenvalue weighted by Gasteiger charge is -2.20. The van der Waals surface area contributed by atoms with Gasteiger partial charge in [-0.05, 0) is 55.7 Å². The minimum Gasteiger partial charge on any atom is -0.435 e. The number of furan rings is 1. The number of pyridine rings is 3. The van der Waals surface area contributed by atoms with E-state index in [4.69, 9.17) is 24.4 Å². The maximum Gasteiger partial charge on any atom is 0.229 e. The van der Waals surface area contributed by atoms with Crippen molar-refractivity contribution < 1.29 is 4.42 Å². The molecular weight excluding hydrogens is 530 g/mol. The minimum atomic E-state index is 0.586. The van der Waals surface area contributed by atoms with Crippen molar-refractivity contribution in [2.45, 2.75) is 20.8 Å². The van der Waals surface area contributed by atoms with Gasteiger partial charge in [0.2, 0.25) is 5.71 Å². The first-order valence-electron chi connectivity index (χ1n) is 14.3. The number of imidazole rings is 1. The SMILES string of the molecule is Cc1cc(C)c2c(n1)oc1c(-c3nc4ccnc(C)c4n3-c3c(-c4ccccc4)cccc3-c3ccccc3)ccnc12. The highest BCUT2D eigenvalue weighted by atomic mass is 16.3. The topological polar surface area (TPSA) is 69.6 Å². The monoisotopic (exact) mass is 557 g/mol. The zero-order valence-corrected chi connectivity index (χ0v) is 24.0. The third-order valence-electron chi connectivity index (χ3n) is 8.07. The fourth-order valence-electron chi connectivity index (χ4n) is 6.23. The summed E-state index contributed by atoms with van der Waals surface area (Å²) in [5.74, 6) is 0.757. The summed E-state index contributed by atoms with van der Waals surface area (Å²) in [6.07, 6.45) is 3.65. The molecule has 6 heteroatoms. The minimum absolute atomic E-state index is 0.586. The Hall–Kier alpha value is -5.62. The average Bonchev–Trinajstić information content (AvgIpc) is 3.61. The first-order chi connectivity index (χ1) is 21.1. The van der Waals surface area contributed by atoms with Crippen LogP contribution in [0.4, 0.5) is 0 Å². The summed E-state index contributed by atoms with van der Waals surface area (Å²) < 4.78 is 8.76. The first-order valence-corrected chi connectivity index (χ1v) is 14.3. The molecule has 0 bridgehead atoms. The van der Waals surface area contributed by atoms with Crippen LogP contribution in [0.3, 0.4) is 0 Å². The second kappa shape index (κ2) is 9.74. The van der Waals surface area contributed by atoms with Crippen molar-refractivity contribution in [2.24, 2.45) is 0 Å².